The van der Waals surface area contributed by atoms with Gasteiger partial charge in [0.2, 0.25) is 11.8 Å². The highest BCUT2D eigenvalue weighted by Crippen LogP contribution is 2.21. The van der Waals surface area contributed by atoms with Crippen LogP contribution in [0.3, 0.4) is 0 Å². The Labute approximate surface area is 112 Å². The van der Waals surface area contributed by atoms with Gasteiger partial charge >= 0.3 is 5.97 Å². The molecular formula is C11H11N5O4. The molecule has 0 radical (unpaired) electrons. The third kappa shape index (κ3) is 2.51. The van der Waals surface area contributed by atoms with Gasteiger partial charge in [0, 0.05) is 12.7 Å². The number of carbonyl (C=O) groups excluding carboxylic acids is 1. The molecule has 0 saturated heterocycles. The third-order valence-electron chi connectivity index (χ3n) is 2.48. The van der Waals surface area contributed by atoms with E-state index in [9.17, 15) is 14.7 Å². The van der Waals surface area contributed by atoms with Crippen LogP contribution >= 0.6 is 0 Å². The van der Waals surface area contributed by atoms with Crippen LogP contribution in [0.5, 0.6) is 5.75 Å². The molecule has 0 atom stereocenters. The number of nitrogens with two attached hydrogens (primary N) is 1. The molecule has 20 heavy (non-hydrogen) atoms. The molecule has 104 valence electrons. The molecule has 2 aromatic rings. The first-order valence-corrected chi connectivity index (χ1v) is 5.42. The highest BCUT2D eigenvalue weighted by Gasteiger charge is 2.15. The van der Waals surface area contributed by atoms with Gasteiger partial charge in [-0.25, -0.2) is 9.48 Å². The summed E-state index contributed by atoms with van der Waals surface area (Å²) in [6.45, 7) is 0. The summed E-state index contributed by atoms with van der Waals surface area (Å²) in [4.78, 5) is 26.4. The summed E-state index contributed by atoms with van der Waals surface area (Å²) < 4.78 is 1.23. The number of carboxylic acids is 1. The van der Waals surface area contributed by atoms with E-state index in [1.807, 2.05) is 0 Å². The number of aromatic nitrogens is 3. The molecule has 1 aromatic carbocycles. The van der Waals surface area contributed by atoms with Crippen molar-refractivity contribution in [3.63, 3.8) is 0 Å². The fraction of sp³-hybridized carbons (Fsp3) is 0.0909. The number of carboxylic acid groups (broad SMARTS) is 1. The topological polar surface area (TPSA) is 143 Å². The van der Waals surface area contributed by atoms with Gasteiger partial charge in [-0.2, -0.15) is 4.98 Å². The first-order chi connectivity index (χ1) is 9.38. The Balaban J connectivity index is 2.24. The lowest BCUT2D eigenvalue weighted by molar-refractivity contribution is 0.0693. The van der Waals surface area contributed by atoms with E-state index in [1.54, 1.807) is 0 Å². The Bertz CT molecular complexity index is 675. The first kappa shape index (κ1) is 13.3. The van der Waals surface area contributed by atoms with E-state index in [-0.39, 0.29) is 23.0 Å². The minimum atomic E-state index is -1.31. The number of amides is 1. The Morgan fingerprint density at radius 3 is 2.65 bits per heavy atom. The summed E-state index contributed by atoms with van der Waals surface area (Å²) in [5, 5.41) is 24.4. The van der Waals surface area contributed by atoms with E-state index in [2.05, 4.69) is 15.4 Å². The van der Waals surface area contributed by atoms with Crippen LogP contribution in [0.15, 0.2) is 18.2 Å². The minimum absolute atomic E-state index is 0.0760. The number of nitrogens with one attached hydrogen (secondary N) is 1. The number of phenols is 1. The summed E-state index contributed by atoms with van der Waals surface area (Å²) in [6.07, 6.45) is 0. The second kappa shape index (κ2) is 4.88. The molecule has 0 aliphatic heterocycles. The fourth-order valence-corrected chi connectivity index (χ4v) is 1.46. The third-order valence-corrected chi connectivity index (χ3v) is 2.48. The molecule has 1 heterocycles. The quantitative estimate of drug-likeness (QED) is 0.580. The standard InChI is InChI=1S/C11H11N5O4/c1-16-11(12)14-8(15-16)9(18)13-5-2-3-7(17)6(4-5)10(19)20/h2-4,17H,1H3,(H,13,18)(H,19,20)(H2,12,14,15). The highest BCUT2D eigenvalue weighted by molar-refractivity contribution is 6.02. The smallest absolute Gasteiger partial charge is 0.339 e. The summed E-state index contributed by atoms with van der Waals surface area (Å²) >= 11 is 0. The van der Waals surface area contributed by atoms with Gasteiger partial charge in [0.1, 0.15) is 11.3 Å². The van der Waals surface area contributed by atoms with Crippen molar-refractivity contribution in [2.75, 3.05) is 11.1 Å². The number of hydrogen-bond acceptors (Lipinski definition) is 6. The summed E-state index contributed by atoms with van der Waals surface area (Å²) in [5.74, 6) is -2.41. The predicted molar refractivity (Wildman–Crippen MR) is 68.4 cm³/mol. The zero-order chi connectivity index (χ0) is 14.9. The van der Waals surface area contributed by atoms with Crippen LogP contribution in [0.1, 0.15) is 21.0 Å². The molecule has 5 N–H and O–H groups in total. The number of carbonyl (C=O) groups is 2. The van der Waals surface area contributed by atoms with Crippen LogP contribution in [0, 0.1) is 0 Å². The van der Waals surface area contributed by atoms with Crippen LogP contribution in [-0.2, 0) is 7.05 Å². The SMILES string of the molecule is Cn1nc(C(=O)Nc2ccc(O)c(C(=O)O)c2)nc1N. The van der Waals surface area contributed by atoms with Crippen LogP contribution in [0.25, 0.3) is 0 Å². The van der Waals surface area contributed by atoms with Crippen LogP contribution in [0.4, 0.5) is 11.6 Å². The minimum Gasteiger partial charge on any atom is -0.507 e. The molecule has 0 saturated carbocycles. The van der Waals surface area contributed by atoms with Crippen molar-refractivity contribution in [3.05, 3.63) is 29.6 Å². The van der Waals surface area contributed by atoms with Crippen LogP contribution in [-0.4, -0.2) is 36.9 Å². The van der Waals surface area contributed by atoms with Crippen molar-refractivity contribution in [3.8, 4) is 5.75 Å². The van der Waals surface area contributed by atoms with Gasteiger partial charge in [0.05, 0.1) is 0 Å². The van der Waals surface area contributed by atoms with E-state index < -0.39 is 17.6 Å². The number of rotatable bonds is 3. The van der Waals surface area contributed by atoms with Gasteiger partial charge in [-0.05, 0) is 18.2 Å². The summed E-state index contributed by atoms with van der Waals surface area (Å²) in [7, 11) is 1.53. The van der Waals surface area contributed by atoms with Gasteiger partial charge in [0.25, 0.3) is 5.91 Å². The molecule has 1 aromatic heterocycles. The lowest BCUT2D eigenvalue weighted by Crippen LogP contribution is -2.14. The fourth-order valence-electron chi connectivity index (χ4n) is 1.46. The molecule has 0 bridgehead atoms. The first-order valence-electron chi connectivity index (χ1n) is 5.42. The van der Waals surface area contributed by atoms with Crippen LogP contribution < -0.4 is 11.1 Å². The Hall–Kier alpha value is -3.10. The van der Waals surface area contributed by atoms with Crippen molar-refractivity contribution in [2.45, 2.75) is 0 Å². The zero-order valence-corrected chi connectivity index (χ0v) is 10.4. The van der Waals surface area contributed by atoms with Crippen LogP contribution in [0.2, 0.25) is 0 Å². The number of hydrogen-bond donors (Lipinski definition) is 4. The summed E-state index contributed by atoms with van der Waals surface area (Å²) in [6, 6.07) is 3.65. The number of benzene rings is 1. The predicted octanol–water partition coefficient (Wildman–Crippen LogP) is 0.0534. The van der Waals surface area contributed by atoms with Gasteiger partial charge in [0.15, 0.2) is 0 Å². The monoisotopic (exact) mass is 277 g/mol. The number of anilines is 2. The van der Waals surface area contributed by atoms with E-state index >= 15 is 0 Å². The van der Waals surface area contributed by atoms with Crippen molar-refractivity contribution in [1.29, 1.82) is 0 Å². The molecule has 0 fully saturated rings. The lowest BCUT2D eigenvalue weighted by atomic mass is 10.2. The molecule has 0 unspecified atom stereocenters. The molecule has 9 nitrogen and oxygen atoms in total. The van der Waals surface area contributed by atoms with E-state index in [4.69, 9.17) is 10.8 Å². The molecule has 9 heteroatoms. The van der Waals surface area contributed by atoms with Gasteiger partial charge in [-0.15, -0.1) is 5.10 Å². The molecule has 2 rings (SSSR count). The van der Waals surface area contributed by atoms with Gasteiger partial charge in [-0.1, -0.05) is 0 Å². The lowest BCUT2D eigenvalue weighted by Gasteiger charge is -2.05. The Kier molecular flexibility index (Phi) is 3.25. The zero-order valence-electron chi connectivity index (χ0n) is 10.4. The number of aromatic hydroxyl groups is 1. The normalized spacial score (nSPS) is 10.2. The molecule has 0 spiro atoms. The van der Waals surface area contributed by atoms with Crippen molar-refractivity contribution in [2.24, 2.45) is 7.05 Å². The summed E-state index contributed by atoms with van der Waals surface area (Å²) in [5.41, 5.74) is 5.32. The Morgan fingerprint density at radius 1 is 1.40 bits per heavy atom. The van der Waals surface area contributed by atoms with E-state index in [0.717, 1.165) is 6.07 Å². The van der Waals surface area contributed by atoms with E-state index in [0.29, 0.717) is 0 Å². The second-order valence-electron chi connectivity index (χ2n) is 3.91. The molecule has 1 amide bonds. The number of aromatic carboxylic acids is 1. The number of aryl methyl sites for hydroxylation is 1. The maximum Gasteiger partial charge on any atom is 0.339 e. The van der Waals surface area contributed by atoms with Crippen molar-refractivity contribution >= 4 is 23.5 Å². The molecular weight excluding hydrogens is 266 g/mol. The largest absolute Gasteiger partial charge is 0.507 e. The number of nitrogens with zero attached hydrogens (tertiary/aromatic N) is 3. The van der Waals surface area contributed by atoms with Gasteiger partial charge in [-0.3, -0.25) is 4.79 Å². The van der Waals surface area contributed by atoms with Gasteiger partial charge < -0.3 is 21.3 Å². The Morgan fingerprint density at radius 2 is 2.10 bits per heavy atom. The highest BCUT2D eigenvalue weighted by atomic mass is 16.4. The molecule has 0 aliphatic carbocycles. The van der Waals surface area contributed by atoms with Crippen molar-refractivity contribution in [1.82, 2.24) is 14.8 Å². The van der Waals surface area contributed by atoms with Crippen molar-refractivity contribution < 1.29 is 19.8 Å². The maximum atomic E-state index is 11.8. The van der Waals surface area contributed by atoms with E-state index in [1.165, 1.54) is 23.9 Å². The molecule has 0 aliphatic rings. The maximum absolute atomic E-state index is 11.8. The number of nitrogen functional groups attached to an aromatic ring is 1. The average Bonchev–Trinajstić information content (AvgIpc) is 2.72. The second-order valence-corrected chi connectivity index (χ2v) is 3.91. The average molecular weight is 277 g/mol.